The summed E-state index contributed by atoms with van der Waals surface area (Å²) < 4.78 is 18.4. The number of nitrogens with one attached hydrogen (secondary N) is 2. The van der Waals surface area contributed by atoms with Gasteiger partial charge >= 0.3 is 5.97 Å². The van der Waals surface area contributed by atoms with Gasteiger partial charge in [0.05, 0.1) is 12.2 Å². The molecule has 1 aromatic heterocycles. The van der Waals surface area contributed by atoms with Crippen molar-refractivity contribution in [1.29, 1.82) is 0 Å². The number of hydrogen-bond acceptors (Lipinski definition) is 4. The molecule has 1 amide bonds. The number of aromatic amines is 1. The molecule has 0 aliphatic heterocycles. The predicted octanol–water partition coefficient (Wildman–Crippen LogP) is 3.40. The van der Waals surface area contributed by atoms with Gasteiger partial charge in [0, 0.05) is 17.3 Å². The lowest BCUT2D eigenvalue weighted by atomic mass is 9.98. The van der Waals surface area contributed by atoms with Crippen molar-refractivity contribution in [2.45, 2.75) is 40.2 Å². The summed E-state index contributed by atoms with van der Waals surface area (Å²) in [5, 5.41) is 2.61. The summed E-state index contributed by atoms with van der Waals surface area (Å²) in [5.41, 5.74) is 1.19. The van der Waals surface area contributed by atoms with Gasteiger partial charge < -0.3 is 15.0 Å². The van der Waals surface area contributed by atoms with E-state index in [-0.39, 0.29) is 29.5 Å². The fourth-order valence-electron chi connectivity index (χ4n) is 2.66. The number of ether oxygens (including phenoxy) is 1. The SMILES string of the molecule is CCOC(=O)c1c(C)[nH]c(C(=O)C(=O)N[C@@H](C)CC)c1-c1ccc(F)cc1. The van der Waals surface area contributed by atoms with Crippen LogP contribution in [0.3, 0.4) is 0 Å². The summed E-state index contributed by atoms with van der Waals surface area (Å²) in [5.74, 6) is -2.64. The van der Waals surface area contributed by atoms with Gasteiger partial charge in [0.25, 0.3) is 11.7 Å². The molecule has 0 saturated heterocycles. The standard InChI is InChI=1S/C20H23FN2O4/c1-5-11(3)22-19(25)18(24)17-16(13-7-9-14(21)10-8-13)15(12(4)23-17)20(26)27-6-2/h7-11,23H,5-6H2,1-4H3,(H,22,25)/t11-/m0/s1. The molecule has 0 radical (unpaired) electrons. The summed E-state index contributed by atoms with van der Waals surface area (Å²) in [6, 6.07) is 5.17. The highest BCUT2D eigenvalue weighted by Gasteiger charge is 2.30. The number of amides is 1. The second-order valence-electron chi connectivity index (χ2n) is 6.21. The molecule has 0 bridgehead atoms. The Morgan fingerprint density at radius 1 is 1.19 bits per heavy atom. The van der Waals surface area contributed by atoms with E-state index in [1.54, 1.807) is 20.8 Å². The first-order chi connectivity index (χ1) is 12.8. The average Bonchev–Trinajstić information content (AvgIpc) is 2.98. The van der Waals surface area contributed by atoms with Crippen LogP contribution in [-0.4, -0.2) is 35.3 Å². The Balaban J connectivity index is 2.59. The smallest absolute Gasteiger partial charge is 0.340 e. The molecule has 2 aromatic rings. The maximum Gasteiger partial charge on any atom is 0.340 e. The van der Waals surface area contributed by atoms with E-state index < -0.39 is 23.5 Å². The van der Waals surface area contributed by atoms with Crippen molar-refractivity contribution in [2.75, 3.05) is 6.61 Å². The molecule has 0 aliphatic carbocycles. The van der Waals surface area contributed by atoms with Crippen LogP contribution in [0.4, 0.5) is 4.39 Å². The van der Waals surface area contributed by atoms with Crippen LogP contribution >= 0.6 is 0 Å². The lowest BCUT2D eigenvalue weighted by Crippen LogP contribution is -2.37. The summed E-state index contributed by atoms with van der Waals surface area (Å²) >= 11 is 0. The van der Waals surface area contributed by atoms with Crippen LogP contribution in [0.2, 0.25) is 0 Å². The fraction of sp³-hybridized carbons (Fsp3) is 0.350. The Bertz CT molecular complexity index is 856. The van der Waals surface area contributed by atoms with Crippen molar-refractivity contribution in [3.05, 3.63) is 47.0 Å². The van der Waals surface area contributed by atoms with Crippen LogP contribution in [0.5, 0.6) is 0 Å². The monoisotopic (exact) mass is 374 g/mol. The Morgan fingerprint density at radius 2 is 1.81 bits per heavy atom. The number of carbonyl (C=O) groups is 3. The first-order valence-corrected chi connectivity index (χ1v) is 8.80. The molecule has 27 heavy (non-hydrogen) atoms. The summed E-state index contributed by atoms with van der Waals surface area (Å²) in [6.07, 6.45) is 0.668. The first kappa shape index (κ1) is 20.4. The average molecular weight is 374 g/mol. The molecule has 0 saturated carbocycles. The molecule has 7 heteroatoms. The molecule has 1 heterocycles. The number of ketones is 1. The van der Waals surface area contributed by atoms with Crippen LogP contribution in [0, 0.1) is 12.7 Å². The number of halogens is 1. The number of carbonyl (C=O) groups excluding carboxylic acids is 3. The molecule has 1 aromatic carbocycles. The summed E-state index contributed by atoms with van der Waals surface area (Å²) in [6.45, 7) is 7.11. The van der Waals surface area contributed by atoms with E-state index in [0.717, 1.165) is 0 Å². The van der Waals surface area contributed by atoms with E-state index in [4.69, 9.17) is 4.74 Å². The van der Waals surface area contributed by atoms with Gasteiger partial charge in [0.2, 0.25) is 0 Å². The third-order valence-electron chi connectivity index (χ3n) is 4.22. The van der Waals surface area contributed by atoms with E-state index in [1.165, 1.54) is 24.3 Å². The van der Waals surface area contributed by atoms with E-state index in [0.29, 0.717) is 17.7 Å². The minimum Gasteiger partial charge on any atom is -0.462 e. The van der Waals surface area contributed by atoms with E-state index in [9.17, 15) is 18.8 Å². The lowest BCUT2D eigenvalue weighted by molar-refractivity contribution is -0.117. The second-order valence-corrected chi connectivity index (χ2v) is 6.21. The highest BCUT2D eigenvalue weighted by molar-refractivity contribution is 6.44. The number of rotatable bonds is 7. The first-order valence-electron chi connectivity index (χ1n) is 8.80. The zero-order chi connectivity index (χ0) is 20.1. The van der Waals surface area contributed by atoms with Crippen molar-refractivity contribution in [1.82, 2.24) is 10.3 Å². The number of hydrogen-bond donors (Lipinski definition) is 2. The molecule has 0 fully saturated rings. The van der Waals surface area contributed by atoms with Gasteiger partial charge in [0.15, 0.2) is 0 Å². The molecule has 0 spiro atoms. The topological polar surface area (TPSA) is 88.3 Å². The molecule has 144 valence electrons. The zero-order valence-corrected chi connectivity index (χ0v) is 15.8. The van der Waals surface area contributed by atoms with Crippen molar-refractivity contribution in [3.8, 4) is 11.1 Å². The molecule has 2 rings (SSSR count). The minimum absolute atomic E-state index is 0.0250. The molecule has 2 N–H and O–H groups in total. The summed E-state index contributed by atoms with van der Waals surface area (Å²) in [7, 11) is 0. The van der Waals surface area contributed by atoms with Gasteiger partial charge in [-0.2, -0.15) is 0 Å². The third-order valence-corrected chi connectivity index (χ3v) is 4.22. The van der Waals surface area contributed by atoms with Crippen LogP contribution in [-0.2, 0) is 9.53 Å². The Labute approximate surface area is 157 Å². The van der Waals surface area contributed by atoms with Crippen molar-refractivity contribution < 1.29 is 23.5 Å². The van der Waals surface area contributed by atoms with Gasteiger partial charge in [-0.05, 0) is 44.9 Å². The molecule has 1 atom stereocenters. The van der Waals surface area contributed by atoms with Crippen molar-refractivity contribution in [2.24, 2.45) is 0 Å². The van der Waals surface area contributed by atoms with Crippen molar-refractivity contribution >= 4 is 17.7 Å². The zero-order valence-electron chi connectivity index (χ0n) is 15.8. The van der Waals surface area contributed by atoms with E-state index in [1.807, 2.05) is 6.92 Å². The lowest BCUT2D eigenvalue weighted by Gasteiger charge is -2.11. The number of aromatic nitrogens is 1. The highest BCUT2D eigenvalue weighted by Crippen LogP contribution is 2.31. The third kappa shape index (κ3) is 4.42. The number of H-pyrrole nitrogens is 1. The van der Waals surface area contributed by atoms with Gasteiger partial charge in [-0.3, -0.25) is 9.59 Å². The number of benzene rings is 1. The van der Waals surface area contributed by atoms with Crippen LogP contribution < -0.4 is 5.32 Å². The largest absolute Gasteiger partial charge is 0.462 e. The highest BCUT2D eigenvalue weighted by atomic mass is 19.1. The molecule has 0 unspecified atom stereocenters. The molecule has 0 aliphatic rings. The quantitative estimate of drug-likeness (QED) is 0.442. The second kappa shape index (κ2) is 8.62. The fourth-order valence-corrected chi connectivity index (χ4v) is 2.66. The molecule has 6 nitrogen and oxygen atoms in total. The van der Waals surface area contributed by atoms with Gasteiger partial charge in [0.1, 0.15) is 11.5 Å². The van der Waals surface area contributed by atoms with Crippen LogP contribution in [0.1, 0.15) is 53.7 Å². The van der Waals surface area contributed by atoms with Gasteiger partial charge in [-0.1, -0.05) is 19.1 Å². The number of esters is 1. The Kier molecular flexibility index (Phi) is 6.50. The normalized spacial score (nSPS) is 11.7. The van der Waals surface area contributed by atoms with E-state index >= 15 is 0 Å². The maximum atomic E-state index is 13.3. The molecular formula is C20H23FN2O4. The predicted molar refractivity (Wildman–Crippen MR) is 99.1 cm³/mol. The van der Waals surface area contributed by atoms with Crippen LogP contribution in [0.25, 0.3) is 11.1 Å². The maximum absolute atomic E-state index is 13.3. The number of Topliss-reactive ketones (excluding diaryl/α,β-unsaturated/α-hetero) is 1. The Morgan fingerprint density at radius 3 is 2.37 bits per heavy atom. The van der Waals surface area contributed by atoms with Gasteiger partial charge in [-0.15, -0.1) is 0 Å². The van der Waals surface area contributed by atoms with E-state index in [2.05, 4.69) is 10.3 Å². The number of aryl methyl sites for hydroxylation is 1. The minimum atomic E-state index is -0.798. The van der Waals surface area contributed by atoms with Crippen molar-refractivity contribution in [3.63, 3.8) is 0 Å². The van der Waals surface area contributed by atoms with Gasteiger partial charge in [-0.25, -0.2) is 9.18 Å². The molecular weight excluding hydrogens is 351 g/mol. The summed E-state index contributed by atoms with van der Waals surface area (Å²) in [4.78, 5) is 40.3. The van der Waals surface area contributed by atoms with Crippen LogP contribution in [0.15, 0.2) is 24.3 Å². The Hall–Kier alpha value is -2.96.